The fourth-order valence-corrected chi connectivity index (χ4v) is 6.77. The van der Waals surface area contributed by atoms with Gasteiger partial charge in [0, 0.05) is 25.3 Å². The van der Waals surface area contributed by atoms with Crippen LogP contribution in [0.5, 0.6) is 0 Å². The third kappa shape index (κ3) is 6.28. The molecule has 40 heavy (non-hydrogen) atoms. The zero-order valence-corrected chi connectivity index (χ0v) is 24.3. The Balaban J connectivity index is 1.55. The van der Waals surface area contributed by atoms with Crippen molar-refractivity contribution in [2.24, 2.45) is 18.9 Å². The summed E-state index contributed by atoms with van der Waals surface area (Å²) in [6.45, 7) is 10.6. The van der Waals surface area contributed by atoms with Crippen molar-refractivity contribution in [3.8, 4) is 0 Å². The number of hydrogen-bond acceptors (Lipinski definition) is 5. The van der Waals surface area contributed by atoms with E-state index in [0.29, 0.717) is 23.0 Å². The zero-order chi connectivity index (χ0) is 28.6. The predicted molar refractivity (Wildman–Crippen MR) is 152 cm³/mol. The smallest absolute Gasteiger partial charge is 0.371 e. The largest absolute Gasteiger partial charge is 0.416 e. The lowest BCUT2D eigenvalue weighted by Crippen LogP contribution is -2.33. The lowest BCUT2D eigenvalue weighted by molar-refractivity contribution is -0.137. The molecule has 0 spiro atoms. The van der Waals surface area contributed by atoms with Crippen molar-refractivity contribution in [2.75, 3.05) is 22.9 Å². The number of rotatable bonds is 6. The number of anilines is 2. The van der Waals surface area contributed by atoms with Gasteiger partial charge in [-0.05, 0) is 92.3 Å². The van der Waals surface area contributed by atoms with Crippen LogP contribution < -0.4 is 9.80 Å². The zero-order valence-electron chi connectivity index (χ0n) is 24.3. The molecule has 0 bridgehead atoms. The van der Waals surface area contributed by atoms with Crippen molar-refractivity contribution in [3.63, 3.8) is 0 Å². The minimum atomic E-state index is -4.41. The number of alkyl halides is 3. The third-order valence-electron chi connectivity index (χ3n) is 8.62. The summed E-state index contributed by atoms with van der Waals surface area (Å²) in [6, 6.07) is 8.70. The molecular formula is C31H41F3N6. The Bertz CT molecular complexity index is 1330. The number of benzene rings is 2. The van der Waals surface area contributed by atoms with Gasteiger partial charge >= 0.3 is 6.18 Å². The Morgan fingerprint density at radius 3 is 2.35 bits per heavy atom. The Labute approximate surface area is 235 Å². The first-order chi connectivity index (χ1) is 19.0. The van der Waals surface area contributed by atoms with Crippen LogP contribution in [-0.4, -0.2) is 33.3 Å². The Kier molecular flexibility index (Phi) is 8.11. The Morgan fingerprint density at radius 1 is 0.950 bits per heavy atom. The molecule has 0 radical (unpaired) electrons. The maximum absolute atomic E-state index is 13.7. The van der Waals surface area contributed by atoms with Gasteiger partial charge in [-0.2, -0.15) is 18.0 Å². The number of tetrazole rings is 1. The summed E-state index contributed by atoms with van der Waals surface area (Å²) in [6.07, 6.45) is 2.55. The van der Waals surface area contributed by atoms with Crippen LogP contribution in [0.1, 0.15) is 84.9 Å². The number of aryl methyl sites for hydroxylation is 4. The van der Waals surface area contributed by atoms with Gasteiger partial charge in [-0.15, -0.1) is 5.10 Å². The molecule has 2 aliphatic rings. The highest BCUT2D eigenvalue weighted by molar-refractivity contribution is 5.64. The molecule has 6 nitrogen and oxygen atoms in total. The van der Waals surface area contributed by atoms with Crippen LogP contribution in [-0.2, 0) is 19.8 Å². The molecule has 3 aromatic rings. The van der Waals surface area contributed by atoms with Crippen molar-refractivity contribution < 1.29 is 13.2 Å². The maximum Gasteiger partial charge on any atom is 0.416 e. The lowest BCUT2D eigenvalue weighted by atomic mass is 9.82. The predicted octanol–water partition coefficient (Wildman–Crippen LogP) is 7.33. The highest BCUT2D eigenvalue weighted by Gasteiger charge is 2.34. The van der Waals surface area contributed by atoms with Crippen LogP contribution in [0.4, 0.5) is 24.8 Å². The molecule has 1 aliphatic heterocycles. The number of hydrogen-bond donors (Lipinski definition) is 0. The summed E-state index contributed by atoms with van der Waals surface area (Å²) in [5, 5.41) is 13.0. The summed E-state index contributed by atoms with van der Waals surface area (Å²) in [4.78, 5) is 6.06. The fourth-order valence-electron chi connectivity index (χ4n) is 6.77. The van der Waals surface area contributed by atoms with E-state index >= 15 is 0 Å². The van der Waals surface area contributed by atoms with Crippen molar-refractivity contribution >= 4 is 11.6 Å². The summed E-state index contributed by atoms with van der Waals surface area (Å²) in [5.41, 5.74) is 5.43. The van der Waals surface area contributed by atoms with Crippen LogP contribution in [0, 0.1) is 32.6 Å². The second-order valence-corrected chi connectivity index (χ2v) is 12.2. The molecular weight excluding hydrogens is 513 g/mol. The quantitative estimate of drug-likeness (QED) is 0.319. The van der Waals surface area contributed by atoms with Crippen molar-refractivity contribution in [3.05, 3.63) is 63.7 Å². The molecule has 216 valence electrons. The molecule has 1 fully saturated rings. The van der Waals surface area contributed by atoms with E-state index in [0.717, 1.165) is 31.8 Å². The van der Waals surface area contributed by atoms with Gasteiger partial charge in [0.25, 0.3) is 5.95 Å². The van der Waals surface area contributed by atoms with Gasteiger partial charge < -0.3 is 9.80 Å². The van der Waals surface area contributed by atoms with Crippen molar-refractivity contribution in [2.45, 2.75) is 85.0 Å². The van der Waals surface area contributed by atoms with Gasteiger partial charge in [0.05, 0.1) is 18.7 Å². The summed E-state index contributed by atoms with van der Waals surface area (Å²) < 4.78 is 41.1. The Morgan fingerprint density at radius 2 is 1.68 bits per heavy atom. The summed E-state index contributed by atoms with van der Waals surface area (Å²) in [5.74, 6) is 1.93. The highest BCUT2D eigenvalue weighted by atomic mass is 19.4. The summed E-state index contributed by atoms with van der Waals surface area (Å²) >= 11 is 0. The van der Waals surface area contributed by atoms with E-state index < -0.39 is 11.7 Å². The van der Waals surface area contributed by atoms with Gasteiger partial charge in [-0.3, -0.25) is 0 Å². The van der Waals surface area contributed by atoms with Gasteiger partial charge in [0.15, 0.2) is 0 Å². The second-order valence-electron chi connectivity index (χ2n) is 12.2. The lowest BCUT2D eigenvalue weighted by Gasteiger charge is -2.36. The first-order valence-electron chi connectivity index (χ1n) is 14.5. The van der Waals surface area contributed by atoms with Crippen LogP contribution in [0.2, 0.25) is 0 Å². The molecule has 9 heteroatoms. The molecule has 0 N–H and O–H groups in total. The average molecular weight is 555 g/mol. The molecule has 0 amide bonds. The molecule has 1 aliphatic carbocycles. The topological polar surface area (TPSA) is 50.1 Å². The van der Waals surface area contributed by atoms with Crippen LogP contribution in [0.3, 0.4) is 0 Å². The van der Waals surface area contributed by atoms with Crippen molar-refractivity contribution in [1.82, 2.24) is 20.2 Å². The van der Waals surface area contributed by atoms with E-state index in [9.17, 15) is 13.2 Å². The molecule has 0 unspecified atom stereocenters. The number of fused-ring (bicyclic) bond motifs is 1. The van der Waals surface area contributed by atoms with Crippen LogP contribution in [0.15, 0.2) is 30.3 Å². The van der Waals surface area contributed by atoms with Gasteiger partial charge in [-0.25, -0.2) is 0 Å². The molecule has 0 saturated heterocycles. The SMILES string of the molecule is Cc1cc(CN(c2nnn(C)n2)[C@H]2CCCN(CC3CCC(C)CC3)c3c(C)cc(C)cc32)cc(C(F)(F)F)c1. The van der Waals surface area contributed by atoms with E-state index in [1.165, 1.54) is 65.0 Å². The first kappa shape index (κ1) is 28.4. The van der Waals surface area contributed by atoms with Crippen LogP contribution in [0.25, 0.3) is 0 Å². The summed E-state index contributed by atoms with van der Waals surface area (Å²) in [7, 11) is 1.71. The third-order valence-corrected chi connectivity index (χ3v) is 8.62. The monoisotopic (exact) mass is 554 g/mol. The Hall–Kier alpha value is -3.10. The van der Waals surface area contributed by atoms with E-state index in [1.54, 1.807) is 14.0 Å². The fraction of sp³-hybridized carbons (Fsp3) is 0.581. The minimum absolute atomic E-state index is 0.0935. The van der Waals surface area contributed by atoms with Crippen LogP contribution >= 0.6 is 0 Å². The van der Waals surface area contributed by atoms with Crippen molar-refractivity contribution in [1.29, 1.82) is 0 Å². The van der Waals surface area contributed by atoms with E-state index in [-0.39, 0.29) is 12.6 Å². The maximum atomic E-state index is 13.7. The van der Waals surface area contributed by atoms with Gasteiger partial charge in [0.1, 0.15) is 0 Å². The number of aromatic nitrogens is 4. The standard InChI is InChI=1S/C31H41F3N6/c1-20-8-10-24(11-9-20)18-39-12-6-7-28(27-16-21(2)13-23(4)29(27)39)40(30-35-37-38(5)36-30)19-25-14-22(3)15-26(17-25)31(32,33)34/h13-17,20,24,28H,6-12,18-19H2,1-5H3/t20?,24?,28-/m0/s1. The minimum Gasteiger partial charge on any atom is -0.371 e. The average Bonchev–Trinajstić information content (AvgIpc) is 3.22. The number of nitrogens with zero attached hydrogens (tertiary/aromatic N) is 6. The van der Waals surface area contributed by atoms with Gasteiger partial charge in [-0.1, -0.05) is 54.2 Å². The highest BCUT2D eigenvalue weighted by Crippen LogP contribution is 2.42. The van der Waals surface area contributed by atoms with Gasteiger partial charge in [0.2, 0.25) is 0 Å². The molecule has 2 heterocycles. The normalized spacial score (nSPS) is 21.7. The molecule has 5 rings (SSSR count). The first-order valence-corrected chi connectivity index (χ1v) is 14.5. The molecule has 1 saturated carbocycles. The molecule has 1 atom stereocenters. The molecule has 1 aromatic heterocycles. The van der Waals surface area contributed by atoms with E-state index in [4.69, 9.17) is 0 Å². The molecule has 2 aromatic carbocycles. The van der Waals surface area contributed by atoms with E-state index in [1.807, 2.05) is 6.07 Å². The number of halogens is 3. The van der Waals surface area contributed by atoms with E-state index in [2.05, 4.69) is 58.1 Å². The second kappa shape index (κ2) is 11.4.